The number of anilines is 1. The Labute approximate surface area is 179 Å². The first-order valence-electron chi connectivity index (χ1n) is 9.68. The third-order valence-corrected chi connectivity index (χ3v) is 4.53. The lowest BCUT2D eigenvalue weighted by Crippen LogP contribution is -2.13. The Kier molecular flexibility index (Phi) is 11.4. The monoisotopic (exact) mass is 417 g/mol. The fourth-order valence-electron chi connectivity index (χ4n) is 2.86. The maximum Gasteiger partial charge on any atom is 0.106 e. The van der Waals surface area contributed by atoms with Crippen molar-refractivity contribution >= 4 is 29.8 Å². The highest BCUT2D eigenvalue weighted by atomic mass is 35.5. The number of nitrogens with one attached hydrogen (secondary N) is 2. The van der Waals surface area contributed by atoms with Gasteiger partial charge in [-0.05, 0) is 49.6 Å². The highest BCUT2D eigenvalue weighted by Gasteiger charge is 2.12. The Morgan fingerprint density at radius 2 is 1.93 bits per heavy atom. The molecule has 5 nitrogen and oxygen atoms in total. The molecular weight excluding hydrogens is 386 g/mol. The van der Waals surface area contributed by atoms with Crippen molar-refractivity contribution in [1.82, 2.24) is 9.88 Å². The van der Waals surface area contributed by atoms with E-state index in [9.17, 15) is 0 Å². The van der Waals surface area contributed by atoms with Crippen LogP contribution in [-0.4, -0.2) is 31.6 Å². The molecule has 0 saturated carbocycles. The van der Waals surface area contributed by atoms with Gasteiger partial charge in [-0.3, -0.25) is 0 Å². The number of hydrogen-bond donors (Lipinski definition) is 2. The minimum absolute atomic E-state index is 0.711. The smallest absolute Gasteiger partial charge is 0.106 e. The number of hydrogen-bond acceptors (Lipinski definition) is 4. The second-order valence-electron chi connectivity index (χ2n) is 6.41. The third-order valence-electron chi connectivity index (χ3n) is 4.28. The number of carbonyl (C=O) groups excluding carboxylic acids is 1. The van der Waals surface area contributed by atoms with Crippen LogP contribution in [0.2, 0.25) is 5.02 Å². The van der Waals surface area contributed by atoms with E-state index in [0.29, 0.717) is 6.61 Å². The molecule has 6 heteroatoms. The van der Waals surface area contributed by atoms with Crippen molar-refractivity contribution < 1.29 is 9.53 Å². The molecule has 2 N–H and O–H groups in total. The fourth-order valence-corrected chi connectivity index (χ4v) is 2.99. The molecule has 158 valence electrons. The maximum atomic E-state index is 8.00. The van der Waals surface area contributed by atoms with Gasteiger partial charge in [-0.2, -0.15) is 0 Å². The van der Waals surface area contributed by atoms with Crippen molar-refractivity contribution in [2.45, 2.75) is 33.2 Å². The van der Waals surface area contributed by atoms with Crippen LogP contribution in [0.3, 0.4) is 0 Å². The summed E-state index contributed by atoms with van der Waals surface area (Å²) in [5.74, 6) is 0.996. The maximum absolute atomic E-state index is 8.00. The predicted molar refractivity (Wildman–Crippen MR) is 123 cm³/mol. The minimum atomic E-state index is 0.711. The van der Waals surface area contributed by atoms with Crippen LogP contribution in [0.4, 0.5) is 5.69 Å². The Morgan fingerprint density at radius 3 is 2.55 bits per heavy atom. The van der Waals surface area contributed by atoms with Crippen LogP contribution >= 0.6 is 11.6 Å². The summed E-state index contributed by atoms with van der Waals surface area (Å²) in [6.07, 6.45) is 6.11. The van der Waals surface area contributed by atoms with E-state index >= 15 is 0 Å². The molecule has 1 heterocycles. The lowest BCUT2D eigenvalue weighted by molar-refractivity contribution is -0.0979. The molecule has 0 radical (unpaired) electrons. The van der Waals surface area contributed by atoms with Crippen molar-refractivity contribution in [2.75, 3.05) is 25.5 Å². The van der Waals surface area contributed by atoms with Crippen LogP contribution in [-0.2, 0) is 16.1 Å². The second-order valence-corrected chi connectivity index (χ2v) is 6.85. The van der Waals surface area contributed by atoms with Gasteiger partial charge in [0.1, 0.15) is 6.79 Å². The molecule has 0 aliphatic heterocycles. The van der Waals surface area contributed by atoms with Crippen molar-refractivity contribution in [1.29, 1.82) is 0 Å². The zero-order valence-corrected chi connectivity index (χ0v) is 18.4. The van der Waals surface area contributed by atoms with Crippen molar-refractivity contribution in [3.63, 3.8) is 0 Å². The summed E-state index contributed by atoms with van der Waals surface area (Å²) in [6, 6.07) is 10.0. The molecule has 2 aromatic rings. The lowest BCUT2D eigenvalue weighted by Gasteiger charge is -2.15. The van der Waals surface area contributed by atoms with Gasteiger partial charge in [-0.15, -0.1) is 0 Å². The molecule has 0 saturated heterocycles. The largest absolute Gasteiger partial charge is 0.499 e. The van der Waals surface area contributed by atoms with E-state index in [0.717, 1.165) is 53.8 Å². The number of carbonyl (C=O) groups is 1. The Bertz CT molecular complexity index is 782. The Balaban J connectivity index is 0.00000204. The SMILES string of the molecule is C=C(NC)c1c(NCCCO/C(C)=C/CC)ccn1Cc1ccc(Cl)cc1.C=O. The Hall–Kier alpha value is -2.66. The molecule has 0 aliphatic carbocycles. The number of allylic oxidation sites excluding steroid dienone is 2. The lowest BCUT2D eigenvalue weighted by atomic mass is 10.2. The zero-order valence-electron chi connectivity index (χ0n) is 17.6. The van der Waals surface area contributed by atoms with E-state index in [1.165, 1.54) is 5.56 Å². The summed E-state index contributed by atoms with van der Waals surface area (Å²) in [7, 11) is 1.89. The third kappa shape index (κ3) is 8.08. The minimum Gasteiger partial charge on any atom is -0.499 e. The number of halogens is 1. The first-order valence-corrected chi connectivity index (χ1v) is 10.1. The van der Waals surface area contributed by atoms with Gasteiger partial charge < -0.3 is 24.7 Å². The molecule has 1 aromatic heterocycles. The van der Waals surface area contributed by atoms with E-state index in [1.807, 2.05) is 45.0 Å². The summed E-state index contributed by atoms with van der Waals surface area (Å²) < 4.78 is 7.88. The highest BCUT2D eigenvalue weighted by molar-refractivity contribution is 6.30. The van der Waals surface area contributed by atoms with E-state index in [1.54, 1.807) is 0 Å². The summed E-state index contributed by atoms with van der Waals surface area (Å²) in [6.45, 7) is 12.6. The molecule has 0 atom stereocenters. The van der Waals surface area contributed by atoms with E-state index < -0.39 is 0 Å². The second kappa shape index (κ2) is 13.5. The van der Waals surface area contributed by atoms with E-state index in [4.69, 9.17) is 21.1 Å². The highest BCUT2D eigenvalue weighted by Crippen LogP contribution is 2.24. The fraction of sp³-hybridized carbons (Fsp3) is 0.348. The van der Waals surface area contributed by atoms with Crippen LogP contribution < -0.4 is 10.6 Å². The quantitative estimate of drug-likeness (QED) is 0.383. The summed E-state index contributed by atoms with van der Waals surface area (Å²) >= 11 is 5.99. The predicted octanol–water partition coefficient (Wildman–Crippen LogP) is 5.33. The van der Waals surface area contributed by atoms with Gasteiger partial charge in [0, 0.05) is 31.4 Å². The standard InChI is InChI=1S/C22H30ClN3O.CH2O/c1-5-7-17(2)27-15-6-13-25-21-12-14-26(22(21)18(3)24-4)16-19-8-10-20(23)11-9-19;1-2/h7-12,14,24-25H,3,5-6,13,15-16H2,1-2,4H3;1H2/b17-7+;. The summed E-state index contributed by atoms with van der Waals surface area (Å²) in [5, 5.41) is 7.42. The summed E-state index contributed by atoms with van der Waals surface area (Å²) in [4.78, 5) is 8.00. The number of ether oxygens (including phenoxy) is 1. The molecule has 0 unspecified atom stereocenters. The average molecular weight is 418 g/mol. The molecule has 0 spiro atoms. The van der Waals surface area contributed by atoms with Crippen molar-refractivity contribution in [3.05, 3.63) is 71.2 Å². The van der Waals surface area contributed by atoms with E-state index in [-0.39, 0.29) is 0 Å². The molecule has 1 aromatic carbocycles. The molecular formula is C23H32ClN3O2. The number of benzene rings is 1. The molecule has 29 heavy (non-hydrogen) atoms. The number of rotatable bonds is 11. The van der Waals surface area contributed by atoms with Gasteiger partial charge in [-0.25, -0.2) is 0 Å². The van der Waals surface area contributed by atoms with Crippen molar-refractivity contribution in [3.8, 4) is 0 Å². The molecule has 0 bridgehead atoms. The Morgan fingerprint density at radius 1 is 1.24 bits per heavy atom. The molecule has 0 amide bonds. The van der Waals surface area contributed by atoms with E-state index in [2.05, 4.69) is 47.0 Å². The molecule has 0 fully saturated rings. The van der Waals surface area contributed by atoms with Gasteiger partial charge in [0.15, 0.2) is 0 Å². The number of nitrogens with zero attached hydrogens (tertiary/aromatic N) is 1. The average Bonchev–Trinajstić information content (AvgIpc) is 3.13. The first kappa shape index (κ1) is 24.4. The van der Waals surface area contributed by atoms with Crippen LogP contribution in [0.5, 0.6) is 0 Å². The van der Waals surface area contributed by atoms with Crippen LogP contribution in [0.15, 0.2) is 54.9 Å². The van der Waals surface area contributed by atoms with Gasteiger partial charge in [0.25, 0.3) is 0 Å². The van der Waals surface area contributed by atoms with Gasteiger partial charge in [0.05, 0.1) is 29.4 Å². The molecule has 2 rings (SSSR count). The normalized spacial score (nSPS) is 10.7. The van der Waals surface area contributed by atoms with Crippen molar-refractivity contribution in [2.24, 2.45) is 0 Å². The topological polar surface area (TPSA) is 55.3 Å². The van der Waals surface area contributed by atoms with Gasteiger partial charge >= 0.3 is 0 Å². The van der Waals surface area contributed by atoms with Crippen LogP contribution in [0.25, 0.3) is 5.70 Å². The number of aromatic nitrogens is 1. The van der Waals surface area contributed by atoms with Gasteiger partial charge in [0.2, 0.25) is 0 Å². The summed E-state index contributed by atoms with van der Waals surface area (Å²) in [5.41, 5.74) is 4.22. The zero-order chi connectivity index (χ0) is 21.6. The van der Waals surface area contributed by atoms with Crippen LogP contribution in [0, 0.1) is 0 Å². The first-order chi connectivity index (χ1) is 14.0. The molecule has 0 aliphatic rings. The van der Waals surface area contributed by atoms with Crippen LogP contribution in [0.1, 0.15) is 37.9 Å². The van der Waals surface area contributed by atoms with Gasteiger partial charge in [-0.1, -0.05) is 37.2 Å².